The summed E-state index contributed by atoms with van der Waals surface area (Å²) in [7, 11) is 1.59. The number of aryl methyl sites for hydroxylation is 1. The van der Waals surface area contributed by atoms with E-state index in [0.29, 0.717) is 12.2 Å². The van der Waals surface area contributed by atoms with Crippen LogP contribution in [0.2, 0.25) is 0 Å². The minimum Gasteiger partial charge on any atom is -0.372 e. The SMILES string of the molecule is CCCn1cc(S(=O)(=O)Cl)c(COC(C)C)n1. The molecule has 0 aliphatic rings. The van der Waals surface area contributed by atoms with Gasteiger partial charge in [-0.05, 0) is 20.3 Å². The minimum absolute atomic E-state index is 0.0113. The van der Waals surface area contributed by atoms with Crippen LogP contribution in [0.1, 0.15) is 32.9 Å². The molecule has 0 saturated carbocycles. The van der Waals surface area contributed by atoms with Crippen molar-refractivity contribution >= 4 is 19.7 Å². The third kappa shape index (κ3) is 4.29. The van der Waals surface area contributed by atoms with Gasteiger partial charge in [0, 0.05) is 23.4 Å². The molecule has 0 bridgehead atoms. The van der Waals surface area contributed by atoms with Gasteiger partial charge in [0.15, 0.2) is 0 Å². The Balaban J connectivity index is 3.00. The standard InChI is InChI=1S/C10H17ClN2O3S/c1-4-5-13-6-10(17(11,14)15)9(12-13)7-16-8(2)3/h6,8H,4-5,7H2,1-3H3. The first-order valence-electron chi connectivity index (χ1n) is 5.47. The number of aromatic nitrogens is 2. The molecule has 0 unspecified atom stereocenters. The number of halogens is 1. The van der Waals surface area contributed by atoms with Crippen LogP contribution in [-0.4, -0.2) is 24.3 Å². The van der Waals surface area contributed by atoms with E-state index in [0.717, 1.165) is 6.42 Å². The van der Waals surface area contributed by atoms with Crippen LogP contribution in [0.5, 0.6) is 0 Å². The quantitative estimate of drug-likeness (QED) is 0.749. The first kappa shape index (κ1) is 14.5. The molecule has 0 fully saturated rings. The van der Waals surface area contributed by atoms with Crippen molar-refractivity contribution in [3.05, 3.63) is 11.9 Å². The van der Waals surface area contributed by atoms with Crippen LogP contribution in [0.4, 0.5) is 0 Å². The van der Waals surface area contributed by atoms with E-state index in [1.165, 1.54) is 6.20 Å². The summed E-state index contributed by atoms with van der Waals surface area (Å²) in [4.78, 5) is 0.0354. The fourth-order valence-electron chi connectivity index (χ4n) is 1.34. The van der Waals surface area contributed by atoms with Crippen LogP contribution < -0.4 is 0 Å². The Morgan fingerprint density at radius 1 is 1.53 bits per heavy atom. The van der Waals surface area contributed by atoms with Gasteiger partial charge in [-0.2, -0.15) is 5.10 Å². The molecular weight excluding hydrogens is 264 g/mol. The lowest BCUT2D eigenvalue weighted by Gasteiger charge is -2.05. The molecule has 1 rings (SSSR count). The van der Waals surface area contributed by atoms with Gasteiger partial charge >= 0.3 is 0 Å². The van der Waals surface area contributed by atoms with E-state index in [1.54, 1.807) is 4.68 Å². The fourth-order valence-corrected chi connectivity index (χ4v) is 2.35. The van der Waals surface area contributed by atoms with Crippen molar-refractivity contribution in [1.29, 1.82) is 0 Å². The Kier molecular flexibility index (Phi) is 4.97. The molecule has 1 heterocycles. The lowest BCUT2D eigenvalue weighted by molar-refractivity contribution is 0.0619. The highest BCUT2D eigenvalue weighted by Gasteiger charge is 2.20. The second-order valence-electron chi connectivity index (χ2n) is 4.00. The van der Waals surface area contributed by atoms with Gasteiger partial charge in [-0.1, -0.05) is 6.92 Å². The third-order valence-electron chi connectivity index (χ3n) is 2.07. The minimum atomic E-state index is -3.77. The van der Waals surface area contributed by atoms with Crippen molar-refractivity contribution in [2.24, 2.45) is 0 Å². The largest absolute Gasteiger partial charge is 0.372 e. The van der Waals surface area contributed by atoms with E-state index in [2.05, 4.69) is 5.10 Å². The molecule has 17 heavy (non-hydrogen) atoms. The lowest BCUT2D eigenvalue weighted by Crippen LogP contribution is -2.05. The molecule has 1 aromatic rings. The van der Waals surface area contributed by atoms with Gasteiger partial charge in [0.05, 0.1) is 12.7 Å². The summed E-state index contributed by atoms with van der Waals surface area (Å²) in [6.45, 7) is 6.54. The Morgan fingerprint density at radius 3 is 2.65 bits per heavy atom. The Hall–Kier alpha value is -0.590. The molecule has 5 nitrogen and oxygen atoms in total. The van der Waals surface area contributed by atoms with E-state index in [1.807, 2.05) is 20.8 Å². The molecule has 0 amide bonds. The van der Waals surface area contributed by atoms with Gasteiger partial charge < -0.3 is 4.74 Å². The molecule has 0 aliphatic carbocycles. The highest BCUT2D eigenvalue weighted by molar-refractivity contribution is 8.13. The third-order valence-corrected chi connectivity index (χ3v) is 3.43. The molecule has 0 radical (unpaired) electrons. The zero-order valence-electron chi connectivity index (χ0n) is 10.2. The maximum absolute atomic E-state index is 11.4. The zero-order valence-corrected chi connectivity index (χ0v) is 11.8. The van der Waals surface area contributed by atoms with Crippen LogP contribution in [0.25, 0.3) is 0 Å². The predicted octanol–water partition coefficient (Wildman–Crippen LogP) is 2.15. The normalized spacial score (nSPS) is 12.3. The molecule has 1 aromatic heterocycles. The summed E-state index contributed by atoms with van der Waals surface area (Å²) < 4.78 is 29.7. The summed E-state index contributed by atoms with van der Waals surface area (Å²) >= 11 is 0. The smallest absolute Gasteiger partial charge is 0.264 e. The fraction of sp³-hybridized carbons (Fsp3) is 0.700. The van der Waals surface area contributed by atoms with Crippen molar-refractivity contribution in [1.82, 2.24) is 9.78 Å². The van der Waals surface area contributed by atoms with Gasteiger partial charge in [-0.3, -0.25) is 4.68 Å². The lowest BCUT2D eigenvalue weighted by atomic mass is 10.4. The number of hydrogen-bond donors (Lipinski definition) is 0. The van der Waals surface area contributed by atoms with Crippen molar-refractivity contribution in [2.75, 3.05) is 0 Å². The Labute approximate surface area is 106 Å². The average Bonchev–Trinajstić information content (AvgIpc) is 2.58. The van der Waals surface area contributed by atoms with Gasteiger partial charge in [0.2, 0.25) is 0 Å². The van der Waals surface area contributed by atoms with E-state index >= 15 is 0 Å². The van der Waals surface area contributed by atoms with Crippen molar-refractivity contribution < 1.29 is 13.2 Å². The van der Waals surface area contributed by atoms with Crippen molar-refractivity contribution in [3.63, 3.8) is 0 Å². The van der Waals surface area contributed by atoms with Gasteiger partial charge in [0.25, 0.3) is 9.05 Å². The Bertz CT molecular complexity index is 468. The summed E-state index contributed by atoms with van der Waals surface area (Å²) in [5, 5.41) is 4.17. The first-order chi connectivity index (χ1) is 7.84. The van der Waals surface area contributed by atoms with Crippen LogP contribution in [0, 0.1) is 0 Å². The van der Waals surface area contributed by atoms with E-state index in [-0.39, 0.29) is 17.6 Å². The monoisotopic (exact) mass is 280 g/mol. The highest BCUT2D eigenvalue weighted by Crippen LogP contribution is 2.20. The van der Waals surface area contributed by atoms with Crippen LogP contribution >= 0.6 is 10.7 Å². The van der Waals surface area contributed by atoms with Gasteiger partial charge in [-0.25, -0.2) is 8.42 Å². The van der Waals surface area contributed by atoms with Crippen molar-refractivity contribution in [2.45, 2.75) is 51.3 Å². The summed E-state index contributed by atoms with van der Waals surface area (Å²) in [6.07, 6.45) is 2.33. The second-order valence-corrected chi connectivity index (χ2v) is 6.54. The van der Waals surface area contributed by atoms with E-state index in [4.69, 9.17) is 15.4 Å². The molecule has 98 valence electrons. The number of hydrogen-bond acceptors (Lipinski definition) is 4. The van der Waals surface area contributed by atoms with Crippen molar-refractivity contribution in [3.8, 4) is 0 Å². The predicted molar refractivity (Wildman–Crippen MR) is 65.5 cm³/mol. The second kappa shape index (κ2) is 5.84. The Morgan fingerprint density at radius 2 is 2.18 bits per heavy atom. The van der Waals surface area contributed by atoms with Crippen LogP contribution in [-0.2, 0) is 26.9 Å². The molecule has 0 aliphatic heterocycles. The summed E-state index contributed by atoms with van der Waals surface area (Å²) in [5.41, 5.74) is 0.363. The molecule has 0 spiro atoms. The molecule has 0 atom stereocenters. The average molecular weight is 281 g/mol. The maximum Gasteiger partial charge on any atom is 0.264 e. The molecule has 7 heteroatoms. The summed E-state index contributed by atoms with van der Waals surface area (Å²) in [5.74, 6) is 0. The summed E-state index contributed by atoms with van der Waals surface area (Å²) in [6, 6.07) is 0. The maximum atomic E-state index is 11.4. The number of rotatable bonds is 6. The van der Waals surface area contributed by atoms with Gasteiger partial charge in [0.1, 0.15) is 10.6 Å². The van der Waals surface area contributed by atoms with Gasteiger partial charge in [-0.15, -0.1) is 0 Å². The number of ether oxygens (including phenoxy) is 1. The van der Waals surface area contributed by atoms with Crippen LogP contribution in [0.3, 0.4) is 0 Å². The highest BCUT2D eigenvalue weighted by atomic mass is 35.7. The zero-order chi connectivity index (χ0) is 13.1. The van der Waals surface area contributed by atoms with E-state index in [9.17, 15) is 8.42 Å². The molecule has 0 saturated heterocycles. The van der Waals surface area contributed by atoms with E-state index < -0.39 is 9.05 Å². The topological polar surface area (TPSA) is 61.2 Å². The molecule has 0 N–H and O–H groups in total. The molecular formula is C10H17ClN2O3S. The van der Waals surface area contributed by atoms with Crippen LogP contribution in [0.15, 0.2) is 11.1 Å². The first-order valence-corrected chi connectivity index (χ1v) is 7.78. The molecule has 0 aromatic carbocycles. The number of nitrogens with zero attached hydrogens (tertiary/aromatic N) is 2.